The van der Waals surface area contributed by atoms with Crippen LogP contribution in [0.5, 0.6) is 17.2 Å². The highest BCUT2D eigenvalue weighted by Gasteiger charge is 2.20. The molecule has 0 aliphatic carbocycles. The Morgan fingerprint density at radius 3 is 2.14 bits per heavy atom. The van der Waals surface area contributed by atoms with Crippen molar-refractivity contribution in [3.05, 3.63) is 33.7 Å². The van der Waals surface area contributed by atoms with Gasteiger partial charge in [-0.25, -0.2) is 9.36 Å². The number of hydrogen-bond acceptors (Lipinski definition) is 9. The van der Waals surface area contributed by atoms with Gasteiger partial charge in [-0.3, -0.25) is 4.79 Å². The zero-order valence-electron chi connectivity index (χ0n) is 17.2. The van der Waals surface area contributed by atoms with Gasteiger partial charge in [-0.2, -0.15) is 0 Å². The van der Waals surface area contributed by atoms with Gasteiger partial charge < -0.3 is 18.9 Å². The second-order valence-electron chi connectivity index (χ2n) is 5.67. The van der Waals surface area contributed by atoms with Crippen molar-refractivity contribution in [2.75, 3.05) is 26.1 Å². The standard InChI is InChI=1S/C19H25N3O6S/c1-6-25-14-9-13(10-15(26-7-2)16(14)27-8-3)18(24)28-11-22-17(23)12(4)20-21-19(22)29-5/h9-10H,6-8,11H2,1-5H3. The van der Waals surface area contributed by atoms with Crippen LogP contribution in [0.15, 0.2) is 22.1 Å². The lowest BCUT2D eigenvalue weighted by atomic mass is 10.2. The van der Waals surface area contributed by atoms with E-state index in [-0.39, 0.29) is 23.5 Å². The van der Waals surface area contributed by atoms with E-state index < -0.39 is 5.97 Å². The van der Waals surface area contributed by atoms with E-state index in [4.69, 9.17) is 18.9 Å². The van der Waals surface area contributed by atoms with Crippen LogP contribution in [0.4, 0.5) is 0 Å². The number of ether oxygens (including phenoxy) is 4. The zero-order chi connectivity index (χ0) is 21.4. The Morgan fingerprint density at radius 1 is 1.03 bits per heavy atom. The minimum atomic E-state index is -0.636. The Bertz CT molecular complexity index is 888. The number of rotatable bonds is 10. The monoisotopic (exact) mass is 423 g/mol. The summed E-state index contributed by atoms with van der Waals surface area (Å²) in [6.45, 7) is 7.96. The molecule has 0 N–H and O–H groups in total. The SMILES string of the molecule is CCOc1cc(C(=O)OCn2c(SC)nnc(C)c2=O)cc(OCC)c1OCC. The van der Waals surface area contributed by atoms with E-state index in [9.17, 15) is 9.59 Å². The molecule has 0 fully saturated rings. The molecule has 0 spiro atoms. The number of hydrogen-bond donors (Lipinski definition) is 0. The predicted molar refractivity (Wildman–Crippen MR) is 108 cm³/mol. The average molecular weight is 423 g/mol. The zero-order valence-corrected chi connectivity index (χ0v) is 18.0. The number of carbonyl (C=O) groups excluding carboxylic acids is 1. The van der Waals surface area contributed by atoms with Crippen LogP contribution in [-0.2, 0) is 11.5 Å². The topological polar surface area (TPSA) is 102 Å². The van der Waals surface area contributed by atoms with Crippen LogP contribution in [0, 0.1) is 6.92 Å². The van der Waals surface area contributed by atoms with Gasteiger partial charge in [0.2, 0.25) is 5.75 Å². The molecule has 29 heavy (non-hydrogen) atoms. The molecule has 0 bridgehead atoms. The Hall–Kier alpha value is -2.75. The lowest BCUT2D eigenvalue weighted by molar-refractivity contribution is 0.0343. The normalized spacial score (nSPS) is 10.5. The number of aryl methyl sites for hydroxylation is 1. The van der Waals surface area contributed by atoms with Crippen LogP contribution in [0.3, 0.4) is 0 Å². The van der Waals surface area contributed by atoms with E-state index in [1.165, 1.54) is 28.5 Å². The van der Waals surface area contributed by atoms with Crippen molar-refractivity contribution in [2.45, 2.75) is 39.6 Å². The lowest BCUT2D eigenvalue weighted by Crippen LogP contribution is -2.28. The summed E-state index contributed by atoms with van der Waals surface area (Å²) in [4.78, 5) is 25.0. The van der Waals surface area contributed by atoms with Crippen molar-refractivity contribution >= 4 is 17.7 Å². The highest BCUT2D eigenvalue weighted by atomic mass is 32.2. The third-order valence-corrected chi connectivity index (χ3v) is 4.39. The molecule has 10 heteroatoms. The molecule has 1 aromatic carbocycles. The van der Waals surface area contributed by atoms with Crippen molar-refractivity contribution < 1.29 is 23.7 Å². The van der Waals surface area contributed by atoms with E-state index >= 15 is 0 Å². The molecule has 2 rings (SSSR count). The highest BCUT2D eigenvalue weighted by Crippen LogP contribution is 2.39. The number of nitrogens with zero attached hydrogens (tertiary/aromatic N) is 3. The Kier molecular flexibility index (Phi) is 8.32. The Morgan fingerprint density at radius 2 is 1.62 bits per heavy atom. The van der Waals surface area contributed by atoms with Gasteiger partial charge >= 0.3 is 5.97 Å². The molecule has 1 aromatic heterocycles. The fourth-order valence-electron chi connectivity index (χ4n) is 2.47. The molecule has 1 heterocycles. The number of carbonyl (C=O) groups is 1. The maximum atomic E-state index is 12.7. The first-order valence-electron chi connectivity index (χ1n) is 9.18. The maximum Gasteiger partial charge on any atom is 0.340 e. The molecule has 0 aliphatic rings. The number of aromatic nitrogens is 3. The molecule has 0 aliphatic heterocycles. The summed E-state index contributed by atoms with van der Waals surface area (Å²) in [7, 11) is 0. The van der Waals surface area contributed by atoms with Crippen LogP contribution >= 0.6 is 11.8 Å². The summed E-state index contributed by atoms with van der Waals surface area (Å²) in [6.07, 6.45) is 1.76. The Balaban J connectivity index is 2.33. The molecule has 0 saturated carbocycles. The first-order valence-corrected chi connectivity index (χ1v) is 10.4. The third kappa shape index (κ3) is 5.41. The van der Waals surface area contributed by atoms with Crippen molar-refractivity contribution in [1.29, 1.82) is 0 Å². The number of esters is 1. The van der Waals surface area contributed by atoms with Crippen LogP contribution in [0.2, 0.25) is 0 Å². The van der Waals surface area contributed by atoms with Gasteiger partial charge in [-0.15, -0.1) is 10.2 Å². The summed E-state index contributed by atoms with van der Waals surface area (Å²) < 4.78 is 23.5. The van der Waals surface area contributed by atoms with Gasteiger partial charge in [0.05, 0.1) is 25.4 Å². The molecular formula is C19H25N3O6S. The van der Waals surface area contributed by atoms with Crippen LogP contribution in [-0.4, -0.2) is 46.8 Å². The molecule has 0 saturated heterocycles. The van der Waals surface area contributed by atoms with Crippen LogP contribution < -0.4 is 19.8 Å². The molecule has 0 unspecified atom stereocenters. The van der Waals surface area contributed by atoms with Crippen molar-refractivity contribution in [2.24, 2.45) is 0 Å². The summed E-state index contributed by atoms with van der Waals surface area (Å²) in [5.74, 6) is 0.567. The van der Waals surface area contributed by atoms with Crippen molar-refractivity contribution in [3.8, 4) is 17.2 Å². The van der Waals surface area contributed by atoms with Gasteiger partial charge in [0.25, 0.3) is 5.56 Å². The van der Waals surface area contributed by atoms with Crippen LogP contribution in [0.25, 0.3) is 0 Å². The lowest BCUT2D eigenvalue weighted by Gasteiger charge is -2.17. The molecule has 0 amide bonds. The van der Waals surface area contributed by atoms with Gasteiger partial charge in [-0.05, 0) is 46.1 Å². The van der Waals surface area contributed by atoms with E-state index in [0.29, 0.717) is 42.2 Å². The Labute approximate surface area is 173 Å². The largest absolute Gasteiger partial charge is 0.490 e. The maximum absolute atomic E-state index is 12.7. The first kappa shape index (κ1) is 22.5. The fraction of sp³-hybridized carbons (Fsp3) is 0.474. The quantitative estimate of drug-likeness (QED) is 0.421. The van der Waals surface area contributed by atoms with E-state index in [1.54, 1.807) is 13.2 Å². The average Bonchev–Trinajstić information content (AvgIpc) is 2.71. The van der Waals surface area contributed by atoms with Gasteiger partial charge in [-0.1, -0.05) is 11.8 Å². The van der Waals surface area contributed by atoms with E-state index in [0.717, 1.165) is 0 Å². The highest BCUT2D eigenvalue weighted by molar-refractivity contribution is 7.98. The van der Waals surface area contributed by atoms with Gasteiger partial charge in [0, 0.05) is 0 Å². The first-order chi connectivity index (χ1) is 14.0. The van der Waals surface area contributed by atoms with Crippen molar-refractivity contribution in [1.82, 2.24) is 14.8 Å². The smallest absolute Gasteiger partial charge is 0.340 e. The summed E-state index contributed by atoms with van der Waals surface area (Å²) >= 11 is 1.23. The van der Waals surface area contributed by atoms with Crippen molar-refractivity contribution in [3.63, 3.8) is 0 Å². The predicted octanol–water partition coefficient (Wildman–Crippen LogP) is 2.68. The molecule has 158 valence electrons. The fourth-order valence-corrected chi connectivity index (χ4v) is 2.95. The molecule has 0 atom stereocenters. The summed E-state index contributed by atoms with van der Waals surface area (Å²) in [5, 5.41) is 8.09. The third-order valence-electron chi connectivity index (χ3n) is 3.72. The van der Waals surface area contributed by atoms with Crippen LogP contribution in [0.1, 0.15) is 36.8 Å². The minimum absolute atomic E-state index is 0.220. The van der Waals surface area contributed by atoms with E-state index in [1.807, 2.05) is 20.8 Å². The molecule has 0 radical (unpaired) electrons. The molecular weight excluding hydrogens is 398 g/mol. The van der Waals surface area contributed by atoms with Gasteiger partial charge in [0.1, 0.15) is 5.69 Å². The van der Waals surface area contributed by atoms with E-state index in [2.05, 4.69) is 10.2 Å². The number of thioether (sulfide) groups is 1. The molecule has 9 nitrogen and oxygen atoms in total. The molecule has 2 aromatic rings. The number of benzene rings is 1. The minimum Gasteiger partial charge on any atom is -0.490 e. The van der Waals surface area contributed by atoms with Gasteiger partial charge in [0.15, 0.2) is 23.4 Å². The second-order valence-corrected chi connectivity index (χ2v) is 6.44. The second kappa shape index (κ2) is 10.7. The summed E-state index contributed by atoms with van der Waals surface area (Å²) in [5.41, 5.74) is 0.0730. The summed E-state index contributed by atoms with van der Waals surface area (Å²) in [6, 6.07) is 3.07.